The number of sulfone groups is 1. The predicted molar refractivity (Wildman–Crippen MR) is 60.6 cm³/mol. The maximum Gasteiger partial charge on any atom is 0.325 e. The summed E-state index contributed by atoms with van der Waals surface area (Å²) in [5.41, 5.74) is 5.22. The molecule has 1 atom stereocenters. The molecule has 0 heterocycles. The van der Waals surface area contributed by atoms with Crippen LogP contribution >= 0.6 is 0 Å². The molecule has 0 aromatic heterocycles. The Morgan fingerprint density at radius 1 is 1.50 bits per heavy atom. The minimum atomic E-state index is -3.77. The summed E-state index contributed by atoms with van der Waals surface area (Å²) in [6.45, 7) is 0. The van der Waals surface area contributed by atoms with Gasteiger partial charge in [0.15, 0.2) is 9.84 Å². The molecule has 0 bridgehead atoms. The fourth-order valence-electron chi connectivity index (χ4n) is 1.39. The Hall–Kier alpha value is -1.67. The van der Waals surface area contributed by atoms with E-state index < -0.39 is 32.6 Å². The van der Waals surface area contributed by atoms with Gasteiger partial charge < -0.3 is 15.6 Å². The summed E-state index contributed by atoms with van der Waals surface area (Å²) in [7, 11) is -2.57. The third kappa shape index (κ3) is 2.77. The normalized spacial score (nSPS) is 13.1. The maximum atomic E-state index is 13.6. The molecule has 0 saturated carbocycles. The van der Waals surface area contributed by atoms with Crippen LogP contribution in [0.1, 0.15) is 11.6 Å². The van der Waals surface area contributed by atoms with Gasteiger partial charge >= 0.3 is 5.97 Å². The fourth-order valence-corrected chi connectivity index (χ4v) is 2.12. The third-order valence-corrected chi connectivity index (χ3v) is 3.40. The lowest BCUT2D eigenvalue weighted by molar-refractivity contribution is -0.138. The average molecular weight is 277 g/mol. The molecule has 0 aliphatic rings. The Bertz CT molecular complexity index is 584. The van der Waals surface area contributed by atoms with E-state index in [9.17, 15) is 17.6 Å². The highest BCUT2D eigenvalue weighted by Gasteiger charge is 2.24. The number of halogens is 1. The number of carboxylic acid groups (broad SMARTS) is 1. The molecule has 0 fully saturated rings. The fraction of sp³-hybridized carbons (Fsp3) is 0.300. The molecule has 0 aliphatic heterocycles. The summed E-state index contributed by atoms with van der Waals surface area (Å²) < 4.78 is 41.0. The second kappa shape index (κ2) is 4.91. The Labute approximate surface area is 103 Å². The molecule has 3 N–H and O–H groups in total. The van der Waals surface area contributed by atoms with Crippen LogP contribution < -0.4 is 10.5 Å². The number of benzene rings is 1. The van der Waals surface area contributed by atoms with Crippen molar-refractivity contribution < 1.29 is 27.4 Å². The van der Waals surface area contributed by atoms with Crippen LogP contribution in [0.3, 0.4) is 0 Å². The summed E-state index contributed by atoms with van der Waals surface area (Å²) in [5, 5.41) is 8.75. The Kier molecular flexibility index (Phi) is 3.92. The van der Waals surface area contributed by atoms with E-state index in [0.29, 0.717) is 0 Å². The van der Waals surface area contributed by atoms with E-state index in [1.807, 2.05) is 0 Å². The van der Waals surface area contributed by atoms with Crippen molar-refractivity contribution in [2.45, 2.75) is 10.9 Å². The molecule has 1 rings (SSSR count). The molecular weight excluding hydrogens is 265 g/mol. The van der Waals surface area contributed by atoms with Gasteiger partial charge in [-0.15, -0.1) is 0 Å². The van der Waals surface area contributed by atoms with Gasteiger partial charge in [-0.05, 0) is 6.07 Å². The summed E-state index contributed by atoms with van der Waals surface area (Å²) in [6.07, 6.45) is 0.835. The van der Waals surface area contributed by atoms with E-state index in [1.54, 1.807) is 0 Å². The van der Waals surface area contributed by atoms with Gasteiger partial charge in [0.1, 0.15) is 22.5 Å². The first-order valence-electron chi connectivity index (χ1n) is 4.74. The van der Waals surface area contributed by atoms with E-state index in [1.165, 1.54) is 7.11 Å². The van der Waals surface area contributed by atoms with Crippen LogP contribution in [0.5, 0.6) is 5.75 Å². The molecular formula is C10H12FNO5S. The highest BCUT2D eigenvalue weighted by Crippen LogP contribution is 2.29. The average Bonchev–Trinajstić information content (AvgIpc) is 2.25. The second-order valence-corrected chi connectivity index (χ2v) is 5.60. The highest BCUT2D eigenvalue weighted by molar-refractivity contribution is 7.90. The molecule has 100 valence electrons. The molecule has 1 unspecified atom stereocenters. The molecule has 18 heavy (non-hydrogen) atoms. The van der Waals surface area contributed by atoms with Gasteiger partial charge in [-0.1, -0.05) is 0 Å². The van der Waals surface area contributed by atoms with Crippen molar-refractivity contribution >= 4 is 15.8 Å². The number of carbonyl (C=O) groups is 1. The Balaban J connectivity index is 3.50. The zero-order valence-electron chi connectivity index (χ0n) is 9.68. The summed E-state index contributed by atoms with van der Waals surface area (Å²) in [4.78, 5) is 10.2. The first-order valence-corrected chi connectivity index (χ1v) is 6.63. The topological polar surface area (TPSA) is 107 Å². The lowest BCUT2D eigenvalue weighted by Crippen LogP contribution is -2.22. The number of carboxylic acids is 1. The van der Waals surface area contributed by atoms with Crippen molar-refractivity contribution in [1.82, 2.24) is 0 Å². The van der Waals surface area contributed by atoms with E-state index in [0.717, 1.165) is 18.4 Å². The van der Waals surface area contributed by atoms with E-state index >= 15 is 0 Å². The van der Waals surface area contributed by atoms with E-state index in [2.05, 4.69) is 0 Å². The van der Waals surface area contributed by atoms with Gasteiger partial charge in [0, 0.05) is 17.9 Å². The minimum Gasteiger partial charge on any atom is -0.496 e. The zero-order chi connectivity index (χ0) is 14.1. The van der Waals surface area contributed by atoms with Gasteiger partial charge in [0.05, 0.1) is 7.11 Å². The van der Waals surface area contributed by atoms with E-state index in [-0.39, 0.29) is 11.3 Å². The molecule has 6 nitrogen and oxygen atoms in total. The molecule has 0 saturated heterocycles. The first-order chi connectivity index (χ1) is 8.18. The number of hydrogen-bond acceptors (Lipinski definition) is 5. The monoisotopic (exact) mass is 277 g/mol. The van der Waals surface area contributed by atoms with Gasteiger partial charge in [0.2, 0.25) is 0 Å². The lowest BCUT2D eigenvalue weighted by atomic mass is 10.1. The zero-order valence-corrected chi connectivity index (χ0v) is 10.5. The highest BCUT2D eigenvalue weighted by atomic mass is 32.2. The van der Waals surface area contributed by atoms with Gasteiger partial charge in [-0.3, -0.25) is 4.79 Å². The summed E-state index contributed by atoms with van der Waals surface area (Å²) in [6, 6.07) is 0.180. The lowest BCUT2D eigenvalue weighted by Gasteiger charge is -2.14. The van der Waals surface area contributed by atoms with Gasteiger partial charge in [-0.25, -0.2) is 12.8 Å². The largest absolute Gasteiger partial charge is 0.496 e. The molecule has 1 aromatic rings. The number of nitrogens with two attached hydrogens (primary N) is 1. The summed E-state index contributed by atoms with van der Waals surface area (Å²) in [5.74, 6) is -2.53. The number of methoxy groups -OCH3 is 1. The number of aliphatic carboxylic acids is 1. The molecule has 8 heteroatoms. The van der Waals surface area contributed by atoms with Crippen molar-refractivity contribution in [3.8, 4) is 5.75 Å². The predicted octanol–water partition coefficient (Wildman–Crippen LogP) is 0.322. The maximum absolute atomic E-state index is 13.6. The van der Waals surface area contributed by atoms with Crippen LogP contribution in [0.2, 0.25) is 0 Å². The number of ether oxygens (including phenoxy) is 1. The quantitative estimate of drug-likeness (QED) is 0.821. The molecule has 0 aliphatic carbocycles. The van der Waals surface area contributed by atoms with Gasteiger partial charge in [-0.2, -0.15) is 0 Å². The molecule has 0 amide bonds. The third-order valence-electron chi connectivity index (χ3n) is 2.28. The van der Waals surface area contributed by atoms with Crippen molar-refractivity contribution in [3.05, 3.63) is 23.5 Å². The smallest absolute Gasteiger partial charge is 0.325 e. The van der Waals surface area contributed by atoms with Crippen LogP contribution in [0, 0.1) is 5.82 Å². The van der Waals surface area contributed by atoms with Crippen LogP contribution in [-0.4, -0.2) is 32.9 Å². The molecule has 0 spiro atoms. The van der Waals surface area contributed by atoms with Crippen LogP contribution in [0.4, 0.5) is 4.39 Å². The Morgan fingerprint density at radius 2 is 2.06 bits per heavy atom. The van der Waals surface area contributed by atoms with Crippen LogP contribution in [0.15, 0.2) is 17.0 Å². The SMILES string of the molecule is COc1cc(S(C)(=O)=O)c(F)cc1C(N)C(=O)O. The van der Waals surface area contributed by atoms with Crippen molar-refractivity contribution in [2.75, 3.05) is 13.4 Å². The van der Waals surface area contributed by atoms with Crippen molar-refractivity contribution in [2.24, 2.45) is 5.73 Å². The van der Waals surface area contributed by atoms with Crippen molar-refractivity contribution in [1.29, 1.82) is 0 Å². The summed E-state index contributed by atoms with van der Waals surface area (Å²) >= 11 is 0. The standard InChI is InChI=1S/C10H12FNO5S/c1-17-7-4-8(18(2,15)16)6(11)3-5(7)9(12)10(13)14/h3-4,9H,12H2,1-2H3,(H,13,14). The number of rotatable bonds is 4. The van der Waals surface area contributed by atoms with Crippen LogP contribution in [0.25, 0.3) is 0 Å². The Morgan fingerprint density at radius 3 is 2.44 bits per heavy atom. The van der Waals surface area contributed by atoms with E-state index in [4.69, 9.17) is 15.6 Å². The van der Waals surface area contributed by atoms with Crippen molar-refractivity contribution in [3.63, 3.8) is 0 Å². The second-order valence-electron chi connectivity index (χ2n) is 3.61. The number of hydrogen-bond donors (Lipinski definition) is 2. The molecule has 1 aromatic carbocycles. The first kappa shape index (κ1) is 14.4. The van der Waals surface area contributed by atoms with Crippen LogP contribution in [-0.2, 0) is 14.6 Å². The van der Waals surface area contributed by atoms with Gasteiger partial charge in [0.25, 0.3) is 0 Å². The molecule has 0 radical (unpaired) electrons. The minimum absolute atomic E-state index is 0.0910.